The second-order valence-electron chi connectivity index (χ2n) is 4.25. The fraction of sp³-hybridized carbons (Fsp3) is 0.385. The molecule has 0 aliphatic rings. The van der Waals surface area contributed by atoms with Crippen molar-refractivity contribution in [2.24, 2.45) is 0 Å². The maximum Gasteiger partial charge on any atom is 0.174 e. The molecule has 0 saturated carbocycles. The van der Waals surface area contributed by atoms with Crippen LogP contribution in [0.1, 0.15) is 11.1 Å². The van der Waals surface area contributed by atoms with Gasteiger partial charge in [0.1, 0.15) is 17.9 Å². The van der Waals surface area contributed by atoms with Crippen molar-refractivity contribution in [2.75, 3.05) is 12.4 Å². The molecule has 0 aliphatic heterocycles. The van der Waals surface area contributed by atoms with Crippen LogP contribution in [-0.2, 0) is 0 Å². The SMILES string of the molecule is Cc1ccc(OC[C@@H](O)CSc2nncs2)c(C)c1. The van der Waals surface area contributed by atoms with Crippen molar-refractivity contribution in [1.29, 1.82) is 0 Å². The number of aliphatic hydroxyl groups excluding tert-OH is 1. The highest BCUT2D eigenvalue weighted by Crippen LogP contribution is 2.21. The largest absolute Gasteiger partial charge is 0.491 e. The molecule has 0 saturated heterocycles. The molecule has 1 aromatic carbocycles. The minimum absolute atomic E-state index is 0.287. The molecule has 1 heterocycles. The molecule has 4 nitrogen and oxygen atoms in total. The van der Waals surface area contributed by atoms with Gasteiger partial charge in [0.25, 0.3) is 0 Å². The molecule has 0 bridgehead atoms. The number of benzene rings is 1. The predicted molar refractivity (Wildman–Crippen MR) is 78.1 cm³/mol. The van der Waals surface area contributed by atoms with E-state index in [1.54, 1.807) is 5.51 Å². The van der Waals surface area contributed by atoms with Gasteiger partial charge in [0.15, 0.2) is 4.34 Å². The highest BCUT2D eigenvalue weighted by molar-refractivity contribution is 8.01. The van der Waals surface area contributed by atoms with E-state index in [1.165, 1.54) is 28.7 Å². The first kappa shape index (κ1) is 14.3. The number of aromatic nitrogens is 2. The maximum atomic E-state index is 9.87. The van der Waals surface area contributed by atoms with Gasteiger partial charge in [-0.3, -0.25) is 0 Å². The normalized spacial score (nSPS) is 12.4. The van der Waals surface area contributed by atoms with Gasteiger partial charge in [-0.15, -0.1) is 10.2 Å². The number of hydrogen-bond acceptors (Lipinski definition) is 6. The lowest BCUT2D eigenvalue weighted by molar-refractivity contribution is 0.126. The molecular weight excluding hydrogens is 280 g/mol. The predicted octanol–water partition coefficient (Wildman–Crippen LogP) is 2.69. The summed E-state index contributed by atoms with van der Waals surface area (Å²) in [7, 11) is 0. The third kappa shape index (κ3) is 4.49. The van der Waals surface area contributed by atoms with Gasteiger partial charge in [0, 0.05) is 5.75 Å². The van der Waals surface area contributed by atoms with E-state index in [0.717, 1.165) is 15.7 Å². The summed E-state index contributed by atoms with van der Waals surface area (Å²) in [4.78, 5) is 0. The molecule has 2 rings (SSSR count). The monoisotopic (exact) mass is 296 g/mol. The van der Waals surface area contributed by atoms with Gasteiger partial charge in [-0.1, -0.05) is 40.8 Å². The smallest absolute Gasteiger partial charge is 0.174 e. The molecule has 0 fully saturated rings. The molecule has 0 radical (unpaired) electrons. The molecule has 19 heavy (non-hydrogen) atoms. The quantitative estimate of drug-likeness (QED) is 0.831. The topological polar surface area (TPSA) is 55.2 Å². The second kappa shape index (κ2) is 6.88. The van der Waals surface area contributed by atoms with Gasteiger partial charge >= 0.3 is 0 Å². The highest BCUT2D eigenvalue weighted by Gasteiger charge is 2.09. The minimum Gasteiger partial charge on any atom is -0.491 e. The van der Waals surface area contributed by atoms with Crippen LogP contribution in [0.15, 0.2) is 28.0 Å². The average molecular weight is 296 g/mol. The number of thioether (sulfide) groups is 1. The summed E-state index contributed by atoms with van der Waals surface area (Å²) < 4.78 is 6.49. The zero-order chi connectivity index (χ0) is 13.7. The van der Waals surface area contributed by atoms with Crippen molar-refractivity contribution in [2.45, 2.75) is 24.3 Å². The second-order valence-corrected chi connectivity index (χ2v) is 6.35. The van der Waals surface area contributed by atoms with Crippen LogP contribution in [0.5, 0.6) is 5.75 Å². The lowest BCUT2D eigenvalue weighted by Gasteiger charge is -2.13. The van der Waals surface area contributed by atoms with Gasteiger partial charge in [-0.05, 0) is 25.5 Å². The average Bonchev–Trinajstić information content (AvgIpc) is 2.88. The van der Waals surface area contributed by atoms with Crippen molar-refractivity contribution in [1.82, 2.24) is 10.2 Å². The van der Waals surface area contributed by atoms with E-state index in [1.807, 2.05) is 26.0 Å². The van der Waals surface area contributed by atoms with Crippen molar-refractivity contribution in [3.05, 3.63) is 34.8 Å². The number of hydrogen-bond donors (Lipinski definition) is 1. The zero-order valence-corrected chi connectivity index (χ0v) is 12.5. The van der Waals surface area contributed by atoms with Crippen LogP contribution in [0.4, 0.5) is 0 Å². The Morgan fingerprint density at radius 3 is 2.95 bits per heavy atom. The first-order valence-electron chi connectivity index (χ1n) is 5.92. The Labute approximate surface area is 120 Å². The van der Waals surface area contributed by atoms with Crippen molar-refractivity contribution in [3.8, 4) is 5.75 Å². The third-order valence-corrected chi connectivity index (χ3v) is 4.51. The third-order valence-electron chi connectivity index (χ3n) is 2.50. The molecule has 1 aromatic heterocycles. The Kier molecular flexibility index (Phi) is 5.18. The standard InChI is InChI=1S/C13H16N2O2S2/c1-9-3-4-12(10(2)5-9)17-6-11(16)7-18-13-15-14-8-19-13/h3-5,8,11,16H,6-7H2,1-2H3/t11-/m1/s1. The maximum absolute atomic E-state index is 9.87. The van der Waals surface area contributed by atoms with Crippen LogP contribution in [0.3, 0.4) is 0 Å². The summed E-state index contributed by atoms with van der Waals surface area (Å²) in [6, 6.07) is 6.01. The highest BCUT2D eigenvalue weighted by atomic mass is 32.2. The molecule has 0 spiro atoms. The Balaban J connectivity index is 1.78. The summed E-state index contributed by atoms with van der Waals surface area (Å²) in [5, 5.41) is 17.5. The van der Waals surface area contributed by atoms with Crippen molar-refractivity contribution < 1.29 is 9.84 Å². The molecular formula is C13H16N2O2S2. The molecule has 0 amide bonds. The Morgan fingerprint density at radius 2 is 2.26 bits per heavy atom. The molecule has 6 heteroatoms. The lowest BCUT2D eigenvalue weighted by Crippen LogP contribution is -2.20. The van der Waals surface area contributed by atoms with Gasteiger partial charge in [0.05, 0.1) is 6.10 Å². The summed E-state index contributed by atoms with van der Waals surface area (Å²) >= 11 is 2.96. The Hall–Kier alpha value is -1.11. The summed E-state index contributed by atoms with van der Waals surface area (Å²) in [5.41, 5.74) is 3.97. The van der Waals surface area contributed by atoms with Crippen LogP contribution in [0, 0.1) is 13.8 Å². The van der Waals surface area contributed by atoms with E-state index >= 15 is 0 Å². The van der Waals surface area contributed by atoms with E-state index in [0.29, 0.717) is 5.75 Å². The Bertz CT molecular complexity index is 517. The van der Waals surface area contributed by atoms with Gasteiger partial charge in [-0.25, -0.2) is 0 Å². The Morgan fingerprint density at radius 1 is 1.42 bits per heavy atom. The summed E-state index contributed by atoms with van der Waals surface area (Å²) in [5.74, 6) is 1.38. The van der Waals surface area contributed by atoms with Crippen LogP contribution >= 0.6 is 23.1 Å². The zero-order valence-electron chi connectivity index (χ0n) is 10.9. The molecule has 1 N–H and O–H groups in total. The molecule has 2 aromatic rings. The van der Waals surface area contributed by atoms with Gasteiger partial charge in [-0.2, -0.15) is 0 Å². The number of rotatable bonds is 6. The van der Waals surface area contributed by atoms with Crippen molar-refractivity contribution >= 4 is 23.1 Å². The molecule has 0 aliphatic carbocycles. The fourth-order valence-corrected chi connectivity index (χ4v) is 3.01. The number of aliphatic hydroxyl groups is 1. The van der Waals surface area contributed by atoms with Crippen molar-refractivity contribution in [3.63, 3.8) is 0 Å². The first-order chi connectivity index (χ1) is 9.15. The van der Waals surface area contributed by atoms with Crippen LogP contribution < -0.4 is 4.74 Å². The van der Waals surface area contributed by atoms with E-state index in [-0.39, 0.29) is 6.61 Å². The fourth-order valence-electron chi connectivity index (χ4n) is 1.59. The van der Waals surface area contributed by atoms with E-state index < -0.39 is 6.10 Å². The van der Waals surface area contributed by atoms with Crippen LogP contribution in [-0.4, -0.2) is 33.8 Å². The number of ether oxygens (including phenoxy) is 1. The van der Waals surface area contributed by atoms with E-state index in [4.69, 9.17) is 4.74 Å². The summed E-state index contributed by atoms with van der Waals surface area (Å²) in [6.45, 7) is 4.34. The van der Waals surface area contributed by atoms with Crippen LogP contribution in [0.2, 0.25) is 0 Å². The van der Waals surface area contributed by atoms with Gasteiger partial charge < -0.3 is 9.84 Å². The molecule has 1 atom stereocenters. The van der Waals surface area contributed by atoms with Crippen LogP contribution in [0.25, 0.3) is 0 Å². The van der Waals surface area contributed by atoms with E-state index in [9.17, 15) is 5.11 Å². The molecule has 102 valence electrons. The first-order valence-corrected chi connectivity index (χ1v) is 7.79. The molecule has 0 unspecified atom stereocenters. The summed E-state index contributed by atoms with van der Waals surface area (Å²) in [6.07, 6.45) is -0.519. The van der Waals surface area contributed by atoms with Gasteiger partial charge in [0.2, 0.25) is 0 Å². The minimum atomic E-state index is -0.519. The number of aryl methyl sites for hydroxylation is 2. The number of nitrogens with zero attached hydrogens (tertiary/aromatic N) is 2. The van der Waals surface area contributed by atoms with E-state index in [2.05, 4.69) is 16.3 Å². The lowest BCUT2D eigenvalue weighted by atomic mass is 10.1.